The largest absolute Gasteiger partial charge is 0.507 e. The molecule has 2 unspecified atom stereocenters. The van der Waals surface area contributed by atoms with E-state index in [1.807, 2.05) is 12.1 Å². The SMILES string of the molecule is C=C(C)C(=O)Cc1cc2c3c4c(cc(O)c3c1)C1CCCC1c1cccc(c1-4)CC2. The molecule has 1 N–H and O–H groups in total. The molecule has 3 aliphatic carbocycles. The van der Waals surface area contributed by atoms with E-state index in [2.05, 4.69) is 30.8 Å². The molecule has 2 nitrogen and oxygen atoms in total. The monoisotopic (exact) mass is 394 g/mol. The lowest BCUT2D eigenvalue weighted by Gasteiger charge is -2.33. The van der Waals surface area contributed by atoms with Crippen LogP contribution in [-0.4, -0.2) is 10.9 Å². The van der Waals surface area contributed by atoms with Gasteiger partial charge in [-0.3, -0.25) is 4.79 Å². The Morgan fingerprint density at radius 2 is 1.80 bits per heavy atom. The van der Waals surface area contributed by atoms with E-state index in [1.165, 1.54) is 58.0 Å². The van der Waals surface area contributed by atoms with Crippen molar-refractivity contribution in [2.45, 2.75) is 57.3 Å². The van der Waals surface area contributed by atoms with Gasteiger partial charge in [0.25, 0.3) is 0 Å². The highest BCUT2D eigenvalue weighted by Crippen LogP contribution is 2.59. The fourth-order valence-corrected chi connectivity index (χ4v) is 6.32. The molecule has 2 heteroatoms. The Balaban J connectivity index is 1.67. The molecule has 1 fully saturated rings. The number of Topliss-reactive ketones (excluding diaryl/α,β-unsaturated/α-hetero) is 1. The van der Waals surface area contributed by atoms with Gasteiger partial charge in [0, 0.05) is 11.8 Å². The number of aryl methyl sites for hydroxylation is 2. The van der Waals surface area contributed by atoms with Crippen molar-refractivity contribution in [2.24, 2.45) is 0 Å². The minimum absolute atomic E-state index is 0.0620. The van der Waals surface area contributed by atoms with Gasteiger partial charge in [0.2, 0.25) is 0 Å². The second-order valence-corrected chi connectivity index (χ2v) is 9.44. The van der Waals surface area contributed by atoms with E-state index in [9.17, 15) is 9.90 Å². The summed E-state index contributed by atoms with van der Waals surface area (Å²) in [4.78, 5) is 12.3. The highest BCUT2D eigenvalue weighted by atomic mass is 16.3. The highest BCUT2D eigenvalue weighted by molar-refractivity contribution is 6.07. The summed E-state index contributed by atoms with van der Waals surface area (Å²) in [5, 5.41) is 13.2. The van der Waals surface area contributed by atoms with E-state index in [-0.39, 0.29) is 5.78 Å². The van der Waals surface area contributed by atoms with Crippen LogP contribution in [0.5, 0.6) is 5.75 Å². The predicted octanol–water partition coefficient (Wildman–Crippen LogP) is 6.36. The zero-order chi connectivity index (χ0) is 20.6. The molecule has 2 atom stereocenters. The van der Waals surface area contributed by atoms with Gasteiger partial charge in [0.15, 0.2) is 5.78 Å². The molecule has 0 amide bonds. The fourth-order valence-electron chi connectivity index (χ4n) is 6.32. The summed E-state index contributed by atoms with van der Waals surface area (Å²) in [6, 6.07) is 13.1. The first kappa shape index (κ1) is 17.9. The molecule has 30 heavy (non-hydrogen) atoms. The first-order chi connectivity index (χ1) is 14.5. The Morgan fingerprint density at radius 3 is 2.60 bits per heavy atom. The van der Waals surface area contributed by atoms with Gasteiger partial charge in [-0.1, -0.05) is 37.3 Å². The molecule has 0 bridgehead atoms. The van der Waals surface area contributed by atoms with E-state index in [4.69, 9.17) is 0 Å². The zero-order valence-corrected chi connectivity index (χ0v) is 17.4. The number of hydrogen-bond donors (Lipinski definition) is 1. The zero-order valence-electron chi connectivity index (χ0n) is 17.4. The van der Waals surface area contributed by atoms with E-state index in [0.29, 0.717) is 29.6 Å². The number of carbonyl (C=O) groups excluding carboxylic acids is 1. The lowest BCUT2D eigenvalue weighted by atomic mass is 9.70. The molecule has 3 aromatic rings. The Bertz CT molecular complexity index is 1260. The number of ketones is 1. The van der Waals surface area contributed by atoms with E-state index < -0.39 is 0 Å². The lowest BCUT2D eigenvalue weighted by Crippen LogP contribution is -2.14. The van der Waals surface area contributed by atoms with Gasteiger partial charge in [-0.05, 0) is 106 Å². The van der Waals surface area contributed by atoms with Gasteiger partial charge in [-0.25, -0.2) is 0 Å². The molecular weight excluding hydrogens is 368 g/mol. The van der Waals surface area contributed by atoms with Crippen molar-refractivity contribution in [3.05, 3.63) is 76.4 Å². The third-order valence-electron chi connectivity index (χ3n) is 7.64. The summed E-state index contributed by atoms with van der Waals surface area (Å²) in [6.45, 7) is 5.57. The molecule has 0 aliphatic heterocycles. The van der Waals surface area contributed by atoms with Gasteiger partial charge < -0.3 is 5.11 Å². The second-order valence-electron chi connectivity index (χ2n) is 9.44. The average Bonchev–Trinajstić information content (AvgIpc) is 3.16. The van der Waals surface area contributed by atoms with Crippen molar-refractivity contribution >= 4 is 16.6 Å². The number of phenols is 1. The number of aromatic hydroxyl groups is 1. The van der Waals surface area contributed by atoms with Crippen LogP contribution in [0.25, 0.3) is 21.9 Å². The van der Waals surface area contributed by atoms with Crippen LogP contribution in [0.4, 0.5) is 0 Å². The number of carbonyl (C=O) groups is 1. The van der Waals surface area contributed by atoms with Crippen LogP contribution in [0.15, 0.2) is 48.6 Å². The highest BCUT2D eigenvalue weighted by Gasteiger charge is 2.40. The molecule has 0 aromatic heterocycles. The molecular formula is C28H26O2. The van der Waals surface area contributed by atoms with Crippen LogP contribution in [0, 0.1) is 0 Å². The van der Waals surface area contributed by atoms with Crippen molar-refractivity contribution < 1.29 is 9.90 Å². The maximum Gasteiger partial charge on any atom is 0.162 e. The van der Waals surface area contributed by atoms with Crippen LogP contribution in [0.2, 0.25) is 0 Å². The predicted molar refractivity (Wildman–Crippen MR) is 121 cm³/mol. The van der Waals surface area contributed by atoms with Crippen LogP contribution in [0.1, 0.15) is 65.8 Å². The summed E-state index contributed by atoms with van der Waals surface area (Å²) in [7, 11) is 0. The fraction of sp³-hybridized carbons (Fsp3) is 0.321. The number of hydrogen-bond acceptors (Lipinski definition) is 2. The lowest BCUT2D eigenvalue weighted by molar-refractivity contribution is -0.114. The summed E-state index contributed by atoms with van der Waals surface area (Å²) < 4.78 is 0. The van der Waals surface area contributed by atoms with E-state index in [0.717, 1.165) is 23.8 Å². The summed E-state index contributed by atoms with van der Waals surface area (Å²) in [5.41, 5.74) is 9.92. The first-order valence-electron chi connectivity index (χ1n) is 11.1. The van der Waals surface area contributed by atoms with Crippen molar-refractivity contribution in [1.29, 1.82) is 0 Å². The molecule has 6 rings (SSSR count). The third kappa shape index (κ3) is 2.40. The Morgan fingerprint density at radius 1 is 1.03 bits per heavy atom. The molecule has 1 saturated carbocycles. The normalized spacial score (nSPS) is 20.7. The van der Waals surface area contributed by atoms with Gasteiger partial charge in [-0.2, -0.15) is 0 Å². The quantitative estimate of drug-likeness (QED) is 0.525. The maximum absolute atomic E-state index is 12.3. The number of phenolic OH excluding ortho intramolecular Hbond substituents is 1. The minimum atomic E-state index is 0.0620. The number of rotatable bonds is 3. The summed E-state index contributed by atoms with van der Waals surface area (Å²) >= 11 is 0. The Kier molecular flexibility index (Phi) is 3.78. The van der Waals surface area contributed by atoms with Crippen LogP contribution >= 0.6 is 0 Å². The van der Waals surface area contributed by atoms with Crippen molar-refractivity contribution in [3.63, 3.8) is 0 Å². The molecule has 3 aliphatic rings. The molecule has 3 aromatic carbocycles. The smallest absolute Gasteiger partial charge is 0.162 e. The van der Waals surface area contributed by atoms with Crippen molar-refractivity contribution in [3.8, 4) is 16.9 Å². The average molecular weight is 395 g/mol. The van der Waals surface area contributed by atoms with Gasteiger partial charge in [0.1, 0.15) is 5.75 Å². The number of benzene rings is 3. The van der Waals surface area contributed by atoms with Gasteiger partial charge in [-0.15, -0.1) is 0 Å². The van der Waals surface area contributed by atoms with Gasteiger partial charge in [0.05, 0.1) is 0 Å². The van der Waals surface area contributed by atoms with Crippen LogP contribution in [0.3, 0.4) is 0 Å². The number of fused-ring (bicyclic) bond motifs is 3. The maximum atomic E-state index is 12.3. The Hall–Kier alpha value is -2.87. The molecule has 0 saturated heterocycles. The first-order valence-corrected chi connectivity index (χ1v) is 11.1. The Labute approximate surface area is 177 Å². The van der Waals surface area contributed by atoms with Crippen molar-refractivity contribution in [2.75, 3.05) is 0 Å². The second kappa shape index (κ2) is 6.31. The summed E-state index contributed by atoms with van der Waals surface area (Å²) in [6.07, 6.45) is 5.99. The molecule has 0 radical (unpaired) electrons. The molecule has 150 valence electrons. The van der Waals surface area contributed by atoms with Crippen LogP contribution in [-0.2, 0) is 24.1 Å². The topological polar surface area (TPSA) is 37.3 Å². The minimum Gasteiger partial charge on any atom is -0.507 e. The molecule has 0 spiro atoms. The summed E-state index contributed by atoms with van der Waals surface area (Å²) in [5.74, 6) is 1.52. The van der Waals surface area contributed by atoms with Crippen LogP contribution < -0.4 is 0 Å². The standard InChI is InChI=1S/C28H26O2/c1-15(2)24(29)13-16-11-18-10-9-17-5-3-8-21-19-6-4-7-20(19)22-14-25(30)23(12-16)27(18)28(22)26(17)21/h3,5,8,11-12,14,19-20,30H,1,4,6-7,9-10,13H2,2H3. The van der Waals surface area contributed by atoms with E-state index >= 15 is 0 Å². The van der Waals surface area contributed by atoms with E-state index in [1.54, 1.807) is 6.92 Å². The van der Waals surface area contributed by atoms with Crippen molar-refractivity contribution in [1.82, 2.24) is 0 Å². The van der Waals surface area contributed by atoms with Gasteiger partial charge >= 0.3 is 0 Å². The molecule has 0 heterocycles. The third-order valence-corrected chi connectivity index (χ3v) is 7.64. The number of allylic oxidation sites excluding steroid dienone is 1.